The molecule has 3 aliphatic rings. The number of likely N-dealkylation sites (tertiary alicyclic amines) is 1. The number of rotatable bonds is 4. The van der Waals surface area contributed by atoms with Gasteiger partial charge in [-0.15, -0.1) is 0 Å². The molecule has 1 N–H and O–H groups in total. The van der Waals surface area contributed by atoms with E-state index in [2.05, 4.69) is 21.3 Å². The van der Waals surface area contributed by atoms with Gasteiger partial charge in [0.25, 0.3) is 5.91 Å². The summed E-state index contributed by atoms with van der Waals surface area (Å²) in [5.41, 5.74) is 1.81. The maximum absolute atomic E-state index is 13.7. The monoisotopic (exact) mass is 398 g/mol. The fraction of sp³-hybridized carbons (Fsp3) is 0.381. The van der Waals surface area contributed by atoms with Crippen molar-refractivity contribution < 1.29 is 18.4 Å². The van der Waals surface area contributed by atoms with Crippen molar-refractivity contribution in [3.8, 4) is 0 Å². The van der Waals surface area contributed by atoms with E-state index in [1.165, 1.54) is 5.56 Å². The Kier molecular flexibility index (Phi) is 4.31. The predicted octanol–water partition coefficient (Wildman–Crippen LogP) is 1.61. The second-order valence-corrected chi connectivity index (χ2v) is 7.93. The molecule has 1 saturated heterocycles. The van der Waals surface area contributed by atoms with E-state index in [0.717, 1.165) is 31.4 Å². The van der Waals surface area contributed by atoms with E-state index in [1.807, 2.05) is 23.1 Å². The van der Waals surface area contributed by atoms with Crippen LogP contribution < -0.4 is 10.2 Å². The van der Waals surface area contributed by atoms with Crippen LogP contribution in [0, 0.1) is 23.5 Å². The van der Waals surface area contributed by atoms with E-state index in [9.17, 15) is 18.4 Å². The zero-order chi connectivity index (χ0) is 20.1. The van der Waals surface area contributed by atoms with Crippen LogP contribution in [0.1, 0.15) is 16.1 Å². The zero-order valence-corrected chi connectivity index (χ0v) is 15.6. The molecule has 3 heterocycles. The molecule has 150 valence electrons. The molecule has 1 aromatic heterocycles. The number of pyridine rings is 1. The van der Waals surface area contributed by atoms with Gasteiger partial charge in [0, 0.05) is 37.4 Å². The normalized spacial score (nSPS) is 24.9. The molecule has 2 fully saturated rings. The van der Waals surface area contributed by atoms with Gasteiger partial charge < -0.3 is 10.2 Å². The van der Waals surface area contributed by atoms with E-state index in [0.29, 0.717) is 19.2 Å². The Labute approximate surface area is 166 Å². The third-order valence-corrected chi connectivity index (χ3v) is 6.14. The van der Waals surface area contributed by atoms with E-state index < -0.39 is 23.2 Å². The highest BCUT2D eigenvalue weighted by Gasteiger charge is 2.56. The lowest BCUT2D eigenvalue weighted by Gasteiger charge is -2.23. The highest BCUT2D eigenvalue weighted by Crippen LogP contribution is 2.45. The van der Waals surface area contributed by atoms with Gasteiger partial charge in [-0.2, -0.15) is 0 Å². The van der Waals surface area contributed by atoms with E-state index in [4.69, 9.17) is 0 Å². The lowest BCUT2D eigenvalue weighted by molar-refractivity contribution is -0.119. The molecule has 5 rings (SSSR count). The van der Waals surface area contributed by atoms with Crippen molar-refractivity contribution in [1.29, 1.82) is 0 Å². The highest BCUT2D eigenvalue weighted by molar-refractivity contribution is 5.97. The number of benzene rings is 1. The zero-order valence-electron chi connectivity index (χ0n) is 15.6. The average molecular weight is 398 g/mol. The Balaban J connectivity index is 1.14. The first-order chi connectivity index (χ1) is 14.0. The Morgan fingerprint density at radius 2 is 1.93 bits per heavy atom. The van der Waals surface area contributed by atoms with Crippen molar-refractivity contribution in [2.45, 2.75) is 12.5 Å². The smallest absolute Gasteiger partial charge is 0.273 e. The minimum absolute atomic E-state index is 0.0485. The number of nitrogens with zero attached hydrogens (tertiary/aromatic N) is 3. The molecular formula is C21H20F2N4O2. The van der Waals surface area contributed by atoms with Crippen LogP contribution in [0.2, 0.25) is 0 Å². The molecule has 0 radical (unpaired) electrons. The first kappa shape index (κ1) is 18.2. The van der Waals surface area contributed by atoms with Gasteiger partial charge in [-0.3, -0.25) is 14.5 Å². The van der Waals surface area contributed by atoms with Crippen LogP contribution in [0.5, 0.6) is 0 Å². The van der Waals surface area contributed by atoms with E-state index >= 15 is 0 Å². The molecule has 29 heavy (non-hydrogen) atoms. The fourth-order valence-corrected chi connectivity index (χ4v) is 4.63. The molecule has 1 unspecified atom stereocenters. The van der Waals surface area contributed by atoms with Crippen LogP contribution in [0.25, 0.3) is 0 Å². The lowest BCUT2D eigenvalue weighted by Crippen LogP contribution is -2.41. The van der Waals surface area contributed by atoms with Crippen molar-refractivity contribution in [1.82, 2.24) is 15.2 Å². The molecule has 0 spiro atoms. The summed E-state index contributed by atoms with van der Waals surface area (Å²) in [6, 6.07) is 8.58. The Morgan fingerprint density at radius 3 is 2.69 bits per heavy atom. The van der Waals surface area contributed by atoms with Crippen molar-refractivity contribution >= 4 is 17.5 Å². The minimum Gasteiger partial charge on any atom is -0.347 e. The number of hydrogen-bond donors (Lipinski definition) is 1. The van der Waals surface area contributed by atoms with Gasteiger partial charge in [0.2, 0.25) is 5.91 Å². The van der Waals surface area contributed by atoms with Crippen LogP contribution in [-0.4, -0.2) is 53.9 Å². The van der Waals surface area contributed by atoms with Crippen molar-refractivity contribution in [2.24, 2.45) is 11.8 Å². The average Bonchev–Trinajstić information content (AvgIpc) is 3.05. The maximum Gasteiger partial charge on any atom is 0.273 e. The minimum atomic E-state index is -0.966. The molecule has 1 saturated carbocycles. The molecule has 6 nitrogen and oxygen atoms in total. The summed E-state index contributed by atoms with van der Waals surface area (Å²) >= 11 is 0. The first-order valence-corrected chi connectivity index (χ1v) is 9.74. The Hall–Kier alpha value is -2.87. The topological polar surface area (TPSA) is 65.5 Å². The van der Waals surface area contributed by atoms with Crippen LogP contribution in [0.3, 0.4) is 0 Å². The second-order valence-electron chi connectivity index (χ2n) is 7.93. The van der Waals surface area contributed by atoms with E-state index in [-0.39, 0.29) is 23.8 Å². The summed E-state index contributed by atoms with van der Waals surface area (Å²) in [5, 5.41) is 2.79. The van der Waals surface area contributed by atoms with Gasteiger partial charge in [-0.05, 0) is 29.9 Å². The Morgan fingerprint density at radius 1 is 1.17 bits per heavy atom. The highest BCUT2D eigenvalue weighted by atomic mass is 19.1. The number of piperidine rings is 1. The standard InChI is InChI=1S/C21H20F2N4O2/c22-13-7-16(23)20(24-8-13)21(29)25-19-14-9-26(10-15(14)19)11-18(28)27-6-5-12-3-1-2-4-17(12)27/h1-4,7-8,14-15,19H,5-6,9-11H2,(H,25,29)/t14-,15+,19?. The van der Waals surface area contributed by atoms with Crippen LogP contribution in [-0.2, 0) is 11.2 Å². The number of amides is 2. The summed E-state index contributed by atoms with van der Waals surface area (Å²) in [4.78, 5) is 32.4. The SMILES string of the molecule is O=C(NC1[C@H]2CN(CC(=O)N3CCc4ccccc43)C[C@@H]12)c1ncc(F)cc1F. The molecule has 0 bridgehead atoms. The lowest BCUT2D eigenvalue weighted by atomic mass is 10.2. The number of carbonyl (C=O) groups is 2. The predicted molar refractivity (Wildman–Crippen MR) is 101 cm³/mol. The van der Waals surface area contributed by atoms with Gasteiger partial charge in [0.1, 0.15) is 5.82 Å². The molecule has 2 amide bonds. The van der Waals surface area contributed by atoms with Crippen LogP contribution >= 0.6 is 0 Å². The number of halogens is 2. The summed E-state index contributed by atoms with van der Waals surface area (Å²) in [5.74, 6) is -1.82. The number of carbonyl (C=O) groups excluding carboxylic acids is 2. The largest absolute Gasteiger partial charge is 0.347 e. The fourth-order valence-electron chi connectivity index (χ4n) is 4.63. The summed E-state index contributed by atoms with van der Waals surface area (Å²) in [6.07, 6.45) is 1.71. The van der Waals surface area contributed by atoms with Crippen molar-refractivity contribution in [2.75, 3.05) is 31.1 Å². The second kappa shape index (κ2) is 6.88. The number of fused-ring (bicyclic) bond motifs is 2. The number of anilines is 1. The molecule has 8 heteroatoms. The number of aromatic nitrogens is 1. The van der Waals surface area contributed by atoms with Gasteiger partial charge >= 0.3 is 0 Å². The quantitative estimate of drug-likeness (QED) is 0.850. The van der Waals surface area contributed by atoms with Gasteiger partial charge in [0.15, 0.2) is 11.5 Å². The number of hydrogen-bond acceptors (Lipinski definition) is 4. The van der Waals surface area contributed by atoms with Gasteiger partial charge in [0.05, 0.1) is 12.7 Å². The van der Waals surface area contributed by atoms with Crippen molar-refractivity contribution in [3.05, 3.63) is 59.4 Å². The molecule has 2 aliphatic heterocycles. The maximum atomic E-state index is 13.7. The van der Waals surface area contributed by atoms with E-state index in [1.54, 1.807) is 0 Å². The summed E-state index contributed by atoms with van der Waals surface area (Å²) < 4.78 is 26.7. The molecule has 1 aliphatic carbocycles. The van der Waals surface area contributed by atoms with Crippen LogP contribution in [0.15, 0.2) is 36.5 Å². The number of para-hydroxylation sites is 1. The molecule has 3 atom stereocenters. The molecular weight excluding hydrogens is 378 g/mol. The third kappa shape index (κ3) is 3.27. The summed E-state index contributed by atoms with van der Waals surface area (Å²) in [7, 11) is 0. The Bertz CT molecular complexity index is 986. The number of nitrogens with one attached hydrogen (secondary N) is 1. The van der Waals surface area contributed by atoms with Gasteiger partial charge in [-0.25, -0.2) is 13.8 Å². The third-order valence-electron chi connectivity index (χ3n) is 6.14. The summed E-state index contributed by atoms with van der Waals surface area (Å²) in [6.45, 7) is 2.51. The first-order valence-electron chi connectivity index (χ1n) is 9.74. The van der Waals surface area contributed by atoms with Gasteiger partial charge in [-0.1, -0.05) is 18.2 Å². The van der Waals surface area contributed by atoms with Crippen LogP contribution in [0.4, 0.5) is 14.5 Å². The molecule has 1 aromatic carbocycles. The molecule has 2 aromatic rings. The van der Waals surface area contributed by atoms with Crippen molar-refractivity contribution in [3.63, 3.8) is 0 Å².